The second kappa shape index (κ2) is 7.70. The first-order chi connectivity index (χ1) is 7.37. The Labute approximate surface area is 101 Å². The van der Waals surface area contributed by atoms with Crippen LogP contribution in [0.15, 0.2) is 0 Å². The summed E-state index contributed by atoms with van der Waals surface area (Å²) < 4.78 is 4.98. The van der Waals surface area contributed by atoms with Crippen LogP contribution >= 0.6 is 0 Å². The topological polar surface area (TPSA) is 26.3 Å². The molecular formula is C14H28O2. The second-order valence-corrected chi connectivity index (χ2v) is 5.81. The fraction of sp³-hybridized carbons (Fsp3) is 0.929. The fourth-order valence-corrected chi connectivity index (χ4v) is 1.68. The summed E-state index contributed by atoms with van der Waals surface area (Å²) >= 11 is 0. The molecule has 0 aliphatic rings. The lowest BCUT2D eigenvalue weighted by molar-refractivity contribution is -0.147. The monoisotopic (exact) mass is 228 g/mol. The average Bonchev–Trinajstić information content (AvgIpc) is 2.15. The van der Waals surface area contributed by atoms with Gasteiger partial charge in [-0.3, -0.25) is 4.79 Å². The zero-order valence-electron chi connectivity index (χ0n) is 11.6. The molecule has 0 rings (SSSR count). The molecule has 0 amide bonds. The molecule has 0 aliphatic heterocycles. The number of hydrogen-bond donors (Lipinski definition) is 0. The second-order valence-electron chi connectivity index (χ2n) is 5.81. The minimum Gasteiger partial charge on any atom is -0.466 e. The van der Waals surface area contributed by atoms with Gasteiger partial charge in [-0.1, -0.05) is 47.0 Å². The lowest BCUT2D eigenvalue weighted by atomic mass is 9.89. The van der Waals surface area contributed by atoms with Gasteiger partial charge in [-0.2, -0.15) is 0 Å². The number of esters is 1. The number of hydrogen-bond acceptors (Lipinski definition) is 2. The number of unbranched alkanes of at least 4 members (excludes halogenated alkanes) is 2. The van der Waals surface area contributed by atoms with E-state index in [9.17, 15) is 4.79 Å². The van der Waals surface area contributed by atoms with Crippen LogP contribution in [-0.2, 0) is 9.53 Å². The zero-order valence-corrected chi connectivity index (χ0v) is 11.6. The Morgan fingerprint density at radius 2 is 1.81 bits per heavy atom. The first-order valence-electron chi connectivity index (χ1n) is 6.53. The van der Waals surface area contributed by atoms with E-state index >= 15 is 0 Å². The molecule has 2 heteroatoms. The number of carbonyl (C=O) groups excluding carboxylic acids is 1. The van der Waals surface area contributed by atoms with Crippen LogP contribution in [0.25, 0.3) is 0 Å². The Morgan fingerprint density at radius 1 is 1.19 bits per heavy atom. The van der Waals surface area contributed by atoms with E-state index in [2.05, 4.69) is 20.8 Å². The first kappa shape index (κ1) is 15.5. The molecule has 0 aromatic rings. The summed E-state index contributed by atoms with van der Waals surface area (Å²) in [6, 6.07) is 0. The number of ether oxygens (including phenoxy) is 1. The molecule has 0 aromatic carbocycles. The van der Waals surface area contributed by atoms with Gasteiger partial charge in [-0.05, 0) is 25.2 Å². The molecule has 2 nitrogen and oxygen atoms in total. The highest BCUT2D eigenvalue weighted by Gasteiger charge is 2.13. The van der Waals surface area contributed by atoms with Gasteiger partial charge in [0.15, 0.2) is 0 Å². The van der Waals surface area contributed by atoms with Crippen molar-refractivity contribution in [1.29, 1.82) is 0 Å². The van der Waals surface area contributed by atoms with Crippen LogP contribution in [0.2, 0.25) is 0 Å². The van der Waals surface area contributed by atoms with Crippen molar-refractivity contribution in [3.05, 3.63) is 0 Å². The van der Waals surface area contributed by atoms with Crippen LogP contribution < -0.4 is 0 Å². The van der Waals surface area contributed by atoms with E-state index in [4.69, 9.17) is 4.74 Å². The highest BCUT2D eigenvalue weighted by molar-refractivity contribution is 5.71. The molecule has 0 saturated heterocycles. The van der Waals surface area contributed by atoms with E-state index in [-0.39, 0.29) is 11.9 Å². The highest BCUT2D eigenvalue weighted by atomic mass is 16.5. The summed E-state index contributed by atoms with van der Waals surface area (Å²) in [5.74, 6) is 0.0212. The molecule has 0 fully saturated rings. The van der Waals surface area contributed by atoms with E-state index in [0.717, 1.165) is 12.8 Å². The fourth-order valence-electron chi connectivity index (χ4n) is 1.68. The van der Waals surface area contributed by atoms with Crippen molar-refractivity contribution in [1.82, 2.24) is 0 Å². The van der Waals surface area contributed by atoms with Crippen molar-refractivity contribution in [3.63, 3.8) is 0 Å². The van der Waals surface area contributed by atoms with Crippen molar-refractivity contribution < 1.29 is 9.53 Å². The Hall–Kier alpha value is -0.530. The lowest BCUT2D eigenvalue weighted by Crippen LogP contribution is -2.14. The van der Waals surface area contributed by atoms with Gasteiger partial charge in [0, 0.05) is 0 Å². The highest BCUT2D eigenvalue weighted by Crippen LogP contribution is 2.23. The van der Waals surface area contributed by atoms with Crippen LogP contribution in [-0.4, -0.2) is 12.6 Å². The minimum absolute atomic E-state index is 0.0432. The van der Waals surface area contributed by atoms with Crippen LogP contribution in [0.5, 0.6) is 0 Å². The van der Waals surface area contributed by atoms with Gasteiger partial charge in [0.05, 0.1) is 12.5 Å². The lowest BCUT2D eigenvalue weighted by Gasteiger charge is -2.17. The van der Waals surface area contributed by atoms with E-state index in [1.807, 2.05) is 13.8 Å². The molecule has 0 saturated carbocycles. The quantitative estimate of drug-likeness (QED) is 0.482. The predicted octanol–water partition coefficient (Wildman–Crippen LogP) is 4.18. The summed E-state index contributed by atoms with van der Waals surface area (Å²) in [4.78, 5) is 11.3. The van der Waals surface area contributed by atoms with E-state index < -0.39 is 0 Å². The van der Waals surface area contributed by atoms with Gasteiger partial charge in [0.2, 0.25) is 0 Å². The SMILES string of the molecule is CCOC(=O)[C@@H](C)CCCCCC(C)(C)C. The first-order valence-corrected chi connectivity index (χ1v) is 6.53. The van der Waals surface area contributed by atoms with Gasteiger partial charge in [0.1, 0.15) is 0 Å². The van der Waals surface area contributed by atoms with Crippen LogP contribution in [0.3, 0.4) is 0 Å². The summed E-state index contributed by atoms with van der Waals surface area (Å²) in [7, 11) is 0. The van der Waals surface area contributed by atoms with E-state index in [1.54, 1.807) is 0 Å². The summed E-state index contributed by atoms with van der Waals surface area (Å²) in [6.07, 6.45) is 5.85. The van der Waals surface area contributed by atoms with Gasteiger partial charge >= 0.3 is 5.97 Å². The van der Waals surface area contributed by atoms with Gasteiger partial charge in [0.25, 0.3) is 0 Å². The largest absolute Gasteiger partial charge is 0.466 e. The Kier molecular flexibility index (Phi) is 7.44. The molecule has 1 atom stereocenters. The normalized spacial score (nSPS) is 13.6. The molecule has 0 aromatic heterocycles. The van der Waals surface area contributed by atoms with Gasteiger partial charge in [-0.15, -0.1) is 0 Å². The number of carbonyl (C=O) groups is 1. The van der Waals surface area contributed by atoms with Crippen molar-refractivity contribution in [2.45, 2.75) is 66.7 Å². The smallest absolute Gasteiger partial charge is 0.308 e. The Balaban J connectivity index is 3.48. The molecule has 0 unspecified atom stereocenters. The summed E-state index contributed by atoms with van der Waals surface area (Å²) in [5.41, 5.74) is 0.437. The van der Waals surface area contributed by atoms with Crippen LogP contribution in [0, 0.1) is 11.3 Å². The Bertz CT molecular complexity index is 191. The number of rotatable bonds is 7. The van der Waals surface area contributed by atoms with Crippen LogP contribution in [0.1, 0.15) is 66.7 Å². The average molecular weight is 228 g/mol. The standard InChI is InChI=1S/C14H28O2/c1-6-16-13(15)12(2)10-8-7-9-11-14(3,4)5/h12H,6-11H2,1-5H3/t12-/m0/s1. The molecule has 0 spiro atoms. The maximum absolute atomic E-state index is 11.3. The van der Waals surface area contributed by atoms with Crippen molar-refractivity contribution >= 4 is 5.97 Å². The van der Waals surface area contributed by atoms with Gasteiger partial charge in [-0.25, -0.2) is 0 Å². The molecule has 0 radical (unpaired) electrons. The third-order valence-electron chi connectivity index (χ3n) is 2.75. The maximum Gasteiger partial charge on any atom is 0.308 e. The predicted molar refractivity (Wildman–Crippen MR) is 68.3 cm³/mol. The third kappa shape index (κ3) is 8.75. The van der Waals surface area contributed by atoms with E-state index in [1.165, 1.54) is 19.3 Å². The molecule has 0 heterocycles. The van der Waals surface area contributed by atoms with Crippen molar-refractivity contribution in [3.8, 4) is 0 Å². The molecule has 0 bridgehead atoms. The van der Waals surface area contributed by atoms with Crippen molar-refractivity contribution in [2.75, 3.05) is 6.61 Å². The van der Waals surface area contributed by atoms with Crippen LogP contribution in [0.4, 0.5) is 0 Å². The third-order valence-corrected chi connectivity index (χ3v) is 2.75. The van der Waals surface area contributed by atoms with E-state index in [0.29, 0.717) is 12.0 Å². The summed E-state index contributed by atoms with van der Waals surface area (Å²) in [6.45, 7) is 11.1. The molecule has 0 N–H and O–H groups in total. The maximum atomic E-state index is 11.3. The molecule has 96 valence electrons. The van der Waals surface area contributed by atoms with Crippen molar-refractivity contribution in [2.24, 2.45) is 11.3 Å². The molecular weight excluding hydrogens is 200 g/mol. The summed E-state index contributed by atoms with van der Waals surface area (Å²) in [5, 5.41) is 0. The Morgan fingerprint density at radius 3 is 2.31 bits per heavy atom. The molecule has 16 heavy (non-hydrogen) atoms. The minimum atomic E-state index is -0.0432. The van der Waals surface area contributed by atoms with Gasteiger partial charge < -0.3 is 4.74 Å². The molecule has 0 aliphatic carbocycles. The zero-order chi connectivity index (χ0) is 12.6.